The lowest BCUT2D eigenvalue weighted by atomic mass is 9.93. The maximum atomic E-state index is 13.2. The molecule has 0 radical (unpaired) electrons. The van der Waals surface area contributed by atoms with Crippen molar-refractivity contribution in [3.8, 4) is 17.1 Å². The van der Waals surface area contributed by atoms with E-state index in [9.17, 15) is 4.79 Å². The third kappa shape index (κ3) is 4.25. The van der Waals surface area contributed by atoms with Gasteiger partial charge in [-0.1, -0.05) is 23.4 Å². The van der Waals surface area contributed by atoms with Gasteiger partial charge in [0.1, 0.15) is 5.75 Å². The van der Waals surface area contributed by atoms with Gasteiger partial charge >= 0.3 is 0 Å². The van der Waals surface area contributed by atoms with Crippen LogP contribution in [0.3, 0.4) is 0 Å². The van der Waals surface area contributed by atoms with Gasteiger partial charge in [0.25, 0.3) is 0 Å². The fourth-order valence-electron chi connectivity index (χ4n) is 4.69. The van der Waals surface area contributed by atoms with Crippen molar-refractivity contribution in [2.45, 2.75) is 32.2 Å². The summed E-state index contributed by atoms with van der Waals surface area (Å²) >= 11 is 0. The molecule has 0 bridgehead atoms. The van der Waals surface area contributed by atoms with Gasteiger partial charge < -0.3 is 14.2 Å². The smallest absolute Gasteiger partial charge is 0.241 e. The van der Waals surface area contributed by atoms with Crippen molar-refractivity contribution < 1.29 is 14.1 Å². The quantitative estimate of drug-likeness (QED) is 0.608. The third-order valence-corrected chi connectivity index (χ3v) is 6.49. The average molecular weight is 433 g/mol. The molecule has 2 aromatic carbocycles. The molecule has 2 aliphatic rings. The minimum atomic E-state index is 0.0787. The van der Waals surface area contributed by atoms with Gasteiger partial charge in [-0.05, 0) is 74.7 Å². The van der Waals surface area contributed by atoms with Crippen LogP contribution in [-0.4, -0.2) is 47.7 Å². The van der Waals surface area contributed by atoms with Crippen LogP contribution in [0.4, 0.5) is 5.69 Å². The molecular weight excluding hydrogens is 404 g/mol. The zero-order valence-electron chi connectivity index (χ0n) is 18.4. The molecule has 0 unspecified atom stereocenters. The molecule has 2 aliphatic heterocycles. The Hall–Kier alpha value is -3.19. The van der Waals surface area contributed by atoms with Gasteiger partial charge in [0, 0.05) is 23.7 Å². The van der Waals surface area contributed by atoms with E-state index in [1.807, 2.05) is 35.2 Å². The molecule has 1 saturated heterocycles. The molecule has 0 saturated carbocycles. The molecule has 0 aliphatic carbocycles. The summed E-state index contributed by atoms with van der Waals surface area (Å²) in [6, 6.07) is 15.9. The normalized spacial score (nSPS) is 17.2. The first-order valence-corrected chi connectivity index (χ1v) is 11.3. The first-order valence-electron chi connectivity index (χ1n) is 11.3. The van der Waals surface area contributed by atoms with Crippen LogP contribution >= 0.6 is 0 Å². The maximum Gasteiger partial charge on any atom is 0.241 e. The number of hydrogen-bond acceptors (Lipinski definition) is 6. The number of methoxy groups -OCH3 is 1. The lowest BCUT2D eigenvalue weighted by molar-refractivity contribution is -0.124. The van der Waals surface area contributed by atoms with Gasteiger partial charge in [0.15, 0.2) is 0 Å². The van der Waals surface area contributed by atoms with Crippen molar-refractivity contribution in [3.05, 3.63) is 60.0 Å². The molecule has 0 N–H and O–H groups in total. The van der Waals surface area contributed by atoms with E-state index in [1.54, 1.807) is 7.11 Å². The number of para-hydroxylation sites is 1. The summed E-state index contributed by atoms with van der Waals surface area (Å²) in [6.45, 7) is 3.14. The number of aromatic nitrogens is 2. The van der Waals surface area contributed by atoms with E-state index in [0.29, 0.717) is 18.3 Å². The standard InChI is InChI=1S/C25H28N4O3/c1-31-21-10-8-19(9-11-21)24-26-23(32-27-24)17-28-15-12-20(13-16-28)25(30)29-14-4-6-18-5-2-3-7-22(18)29/h2-3,5,7-11,20H,4,6,12-17H2,1H3. The zero-order valence-corrected chi connectivity index (χ0v) is 18.4. The summed E-state index contributed by atoms with van der Waals surface area (Å²) < 4.78 is 10.7. The van der Waals surface area contributed by atoms with Crippen LogP contribution in [0.2, 0.25) is 0 Å². The van der Waals surface area contributed by atoms with Crippen molar-refractivity contribution in [2.24, 2.45) is 5.92 Å². The Kier molecular flexibility index (Phi) is 5.90. The van der Waals surface area contributed by atoms with Crippen LogP contribution in [0.25, 0.3) is 11.4 Å². The Labute approximate surface area is 188 Å². The van der Waals surface area contributed by atoms with E-state index in [4.69, 9.17) is 9.26 Å². The average Bonchev–Trinajstić information content (AvgIpc) is 3.32. The highest BCUT2D eigenvalue weighted by Crippen LogP contribution is 2.30. The predicted molar refractivity (Wildman–Crippen MR) is 121 cm³/mol. The molecule has 0 atom stereocenters. The van der Waals surface area contributed by atoms with Gasteiger partial charge in [-0.3, -0.25) is 9.69 Å². The number of nitrogens with zero attached hydrogens (tertiary/aromatic N) is 4. The number of anilines is 1. The van der Waals surface area contributed by atoms with E-state index >= 15 is 0 Å². The summed E-state index contributed by atoms with van der Waals surface area (Å²) in [4.78, 5) is 22.1. The lowest BCUT2D eigenvalue weighted by Crippen LogP contribution is -2.44. The topological polar surface area (TPSA) is 71.7 Å². The Balaban J connectivity index is 1.17. The Morgan fingerprint density at radius 3 is 2.66 bits per heavy atom. The number of fused-ring (bicyclic) bond motifs is 1. The fraction of sp³-hybridized carbons (Fsp3) is 0.400. The molecule has 1 aromatic heterocycles. The van der Waals surface area contributed by atoms with Crippen LogP contribution in [-0.2, 0) is 17.8 Å². The molecule has 32 heavy (non-hydrogen) atoms. The van der Waals surface area contributed by atoms with Crippen molar-refractivity contribution >= 4 is 11.6 Å². The van der Waals surface area contributed by atoms with Crippen LogP contribution in [0.1, 0.15) is 30.7 Å². The second-order valence-corrected chi connectivity index (χ2v) is 8.51. The highest BCUT2D eigenvalue weighted by atomic mass is 16.5. The second-order valence-electron chi connectivity index (χ2n) is 8.51. The van der Waals surface area contributed by atoms with Gasteiger partial charge in [-0.25, -0.2) is 0 Å². The molecule has 3 heterocycles. The number of ether oxygens (including phenoxy) is 1. The van der Waals surface area contributed by atoms with Crippen LogP contribution in [0.15, 0.2) is 53.1 Å². The highest BCUT2D eigenvalue weighted by molar-refractivity contribution is 5.96. The molecule has 0 spiro atoms. The molecule has 166 valence electrons. The van der Waals surface area contributed by atoms with Gasteiger partial charge in [0.05, 0.1) is 13.7 Å². The maximum absolute atomic E-state index is 13.2. The number of aryl methyl sites for hydroxylation is 1. The Morgan fingerprint density at radius 2 is 1.88 bits per heavy atom. The summed E-state index contributed by atoms with van der Waals surface area (Å²) in [5, 5.41) is 4.12. The summed E-state index contributed by atoms with van der Waals surface area (Å²) in [6.07, 6.45) is 3.81. The predicted octanol–water partition coefficient (Wildman–Crippen LogP) is 3.94. The number of carbonyl (C=O) groups excluding carboxylic acids is 1. The third-order valence-electron chi connectivity index (χ3n) is 6.49. The Bertz CT molecular complexity index is 1070. The van der Waals surface area contributed by atoms with Crippen molar-refractivity contribution in [1.29, 1.82) is 0 Å². The van der Waals surface area contributed by atoms with E-state index in [0.717, 1.165) is 62.3 Å². The molecular formula is C25H28N4O3. The first-order chi connectivity index (χ1) is 15.7. The monoisotopic (exact) mass is 432 g/mol. The zero-order chi connectivity index (χ0) is 21.9. The summed E-state index contributed by atoms with van der Waals surface area (Å²) in [5.41, 5.74) is 3.28. The number of likely N-dealkylation sites (tertiary alicyclic amines) is 1. The molecule has 5 rings (SSSR count). The second kappa shape index (κ2) is 9.12. The van der Waals surface area contributed by atoms with Crippen molar-refractivity contribution in [2.75, 3.05) is 31.6 Å². The molecule has 3 aromatic rings. The SMILES string of the molecule is COc1ccc(-c2noc(CN3CCC(C(=O)N4CCCc5ccccc54)CC3)n2)cc1. The van der Waals surface area contributed by atoms with E-state index in [-0.39, 0.29) is 11.8 Å². The van der Waals surface area contributed by atoms with Gasteiger partial charge in [0.2, 0.25) is 17.6 Å². The number of hydrogen-bond donors (Lipinski definition) is 0. The number of amides is 1. The first kappa shape index (κ1) is 20.7. The minimum Gasteiger partial charge on any atom is -0.497 e. The van der Waals surface area contributed by atoms with E-state index < -0.39 is 0 Å². The number of piperidine rings is 1. The van der Waals surface area contributed by atoms with Gasteiger partial charge in [-0.2, -0.15) is 4.98 Å². The Morgan fingerprint density at radius 1 is 1.09 bits per heavy atom. The molecule has 7 heteroatoms. The van der Waals surface area contributed by atoms with Crippen LogP contribution < -0.4 is 9.64 Å². The van der Waals surface area contributed by atoms with Crippen molar-refractivity contribution in [3.63, 3.8) is 0 Å². The molecule has 7 nitrogen and oxygen atoms in total. The van der Waals surface area contributed by atoms with E-state index in [1.165, 1.54) is 5.56 Å². The number of rotatable bonds is 5. The highest BCUT2D eigenvalue weighted by Gasteiger charge is 2.31. The van der Waals surface area contributed by atoms with E-state index in [2.05, 4.69) is 33.2 Å². The van der Waals surface area contributed by atoms with Crippen LogP contribution in [0.5, 0.6) is 5.75 Å². The fourth-order valence-corrected chi connectivity index (χ4v) is 4.69. The molecule has 1 fully saturated rings. The van der Waals surface area contributed by atoms with Crippen molar-refractivity contribution in [1.82, 2.24) is 15.0 Å². The van der Waals surface area contributed by atoms with Gasteiger partial charge in [-0.15, -0.1) is 0 Å². The minimum absolute atomic E-state index is 0.0787. The largest absolute Gasteiger partial charge is 0.497 e. The summed E-state index contributed by atoms with van der Waals surface area (Å²) in [7, 11) is 1.64. The lowest BCUT2D eigenvalue weighted by Gasteiger charge is -2.36. The number of benzene rings is 2. The summed E-state index contributed by atoms with van der Waals surface area (Å²) in [5.74, 6) is 2.33. The molecule has 1 amide bonds. The number of carbonyl (C=O) groups is 1. The van der Waals surface area contributed by atoms with Crippen LogP contribution in [0, 0.1) is 5.92 Å².